The Labute approximate surface area is 137 Å². The van der Waals surface area contributed by atoms with E-state index in [0.29, 0.717) is 4.90 Å². The highest BCUT2D eigenvalue weighted by molar-refractivity contribution is 7.89. The molecule has 0 unspecified atom stereocenters. The summed E-state index contributed by atoms with van der Waals surface area (Å²) < 4.78 is 30.0. The lowest BCUT2D eigenvalue weighted by Gasteiger charge is -2.16. The van der Waals surface area contributed by atoms with Crippen LogP contribution in [-0.2, 0) is 29.9 Å². The van der Waals surface area contributed by atoms with Crippen LogP contribution in [0, 0.1) is 13.8 Å². The van der Waals surface area contributed by atoms with E-state index >= 15 is 0 Å². The van der Waals surface area contributed by atoms with Crippen molar-refractivity contribution in [2.75, 3.05) is 0 Å². The molecular formula is C17H23N3O2S. The molecule has 0 saturated heterocycles. The fraction of sp³-hybridized carbons (Fsp3) is 0.471. The largest absolute Gasteiger partial charge is 0.272 e. The number of aryl methyl sites for hydroxylation is 4. The Morgan fingerprint density at radius 2 is 1.91 bits per heavy atom. The average Bonchev–Trinajstić information content (AvgIpc) is 3.02. The molecule has 6 heteroatoms. The molecule has 1 N–H and O–H groups in total. The summed E-state index contributed by atoms with van der Waals surface area (Å²) in [4.78, 5) is 0.351. The second-order valence-corrected chi connectivity index (χ2v) is 8.05. The van der Waals surface area contributed by atoms with E-state index in [0.717, 1.165) is 41.8 Å². The first-order chi connectivity index (χ1) is 10.8. The second kappa shape index (κ2) is 5.76. The molecule has 1 aromatic carbocycles. The Kier molecular flexibility index (Phi) is 4.06. The van der Waals surface area contributed by atoms with E-state index in [1.54, 1.807) is 10.7 Å². The number of nitrogens with zero attached hydrogens (tertiary/aromatic N) is 2. The number of rotatable bonds is 4. The van der Waals surface area contributed by atoms with Crippen molar-refractivity contribution in [3.63, 3.8) is 0 Å². The van der Waals surface area contributed by atoms with E-state index in [9.17, 15) is 8.42 Å². The molecule has 5 nitrogen and oxygen atoms in total. The highest BCUT2D eigenvalue weighted by atomic mass is 32.2. The summed E-state index contributed by atoms with van der Waals surface area (Å²) in [6, 6.07) is 5.16. The average molecular weight is 333 g/mol. The lowest BCUT2D eigenvalue weighted by molar-refractivity contribution is 0.565. The van der Waals surface area contributed by atoms with Gasteiger partial charge in [0.25, 0.3) is 0 Å². The van der Waals surface area contributed by atoms with Crippen LogP contribution in [0.1, 0.15) is 47.5 Å². The van der Waals surface area contributed by atoms with Gasteiger partial charge in [-0.1, -0.05) is 6.07 Å². The molecule has 0 bridgehead atoms. The van der Waals surface area contributed by atoms with E-state index in [1.165, 1.54) is 5.56 Å². The van der Waals surface area contributed by atoms with Gasteiger partial charge in [0.2, 0.25) is 10.0 Å². The van der Waals surface area contributed by atoms with Crippen molar-refractivity contribution in [2.24, 2.45) is 7.05 Å². The molecule has 0 spiro atoms. The maximum Gasteiger partial charge on any atom is 0.241 e. The SMILES string of the molecule is Cc1nn(C)c(C)c1[C@H](C)NS(=O)(=O)c1ccc2c(c1)CCC2. The third-order valence-corrected chi connectivity index (χ3v) is 6.25. The fourth-order valence-electron chi connectivity index (χ4n) is 3.49. The fourth-order valence-corrected chi connectivity index (χ4v) is 4.76. The maximum atomic E-state index is 12.7. The number of hydrogen-bond donors (Lipinski definition) is 1. The second-order valence-electron chi connectivity index (χ2n) is 6.34. The first kappa shape index (κ1) is 16.2. The van der Waals surface area contributed by atoms with Crippen LogP contribution in [0.2, 0.25) is 0 Å². The van der Waals surface area contributed by atoms with Crippen molar-refractivity contribution in [1.82, 2.24) is 14.5 Å². The topological polar surface area (TPSA) is 64.0 Å². The molecule has 0 aliphatic heterocycles. The Balaban J connectivity index is 1.89. The first-order valence-electron chi connectivity index (χ1n) is 7.94. The Morgan fingerprint density at radius 1 is 1.22 bits per heavy atom. The van der Waals surface area contributed by atoms with E-state index in [-0.39, 0.29) is 6.04 Å². The summed E-state index contributed by atoms with van der Waals surface area (Å²) in [5.41, 5.74) is 5.21. The molecule has 124 valence electrons. The van der Waals surface area contributed by atoms with Gasteiger partial charge in [-0.15, -0.1) is 0 Å². The molecular weight excluding hydrogens is 310 g/mol. The minimum Gasteiger partial charge on any atom is -0.272 e. The van der Waals surface area contributed by atoms with Gasteiger partial charge in [0.05, 0.1) is 10.6 Å². The van der Waals surface area contributed by atoms with Crippen molar-refractivity contribution in [3.05, 3.63) is 46.3 Å². The van der Waals surface area contributed by atoms with Crippen molar-refractivity contribution < 1.29 is 8.42 Å². The summed E-state index contributed by atoms with van der Waals surface area (Å²) in [5, 5.41) is 4.36. The van der Waals surface area contributed by atoms with Gasteiger partial charge in [-0.3, -0.25) is 4.68 Å². The molecule has 1 aliphatic carbocycles. The first-order valence-corrected chi connectivity index (χ1v) is 9.42. The van der Waals surface area contributed by atoms with Crippen molar-refractivity contribution in [1.29, 1.82) is 0 Å². The van der Waals surface area contributed by atoms with Crippen LogP contribution in [0.3, 0.4) is 0 Å². The van der Waals surface area contributed by atoms with Gasteiger partial charge in [0.1, 0.15) is 0 Å². The number of aromatic nitrogens is 2. The van der Waals surface area contributed by atoms with E-state index in [1.807, 2.05) is 40.0 Å². The summed E-state index contributed by atoms with van der Waals surface area (Å²) in [6.45, 7) is 5.72. The highest BCUT2D eigenvalue weighted by Gasteiger charge is 2.24. The number of sulfonamides is 1. The predicted octanol–water partition coefficient (Wildman–Crippen LogP) is 2.57. The summed E-state index contributed by atoms with van der Waals surface area (Å²) in [6.07, 6.45) is 3.12. The van der Waals surface area contributed by atoms with Gasteiger partial charge >= 0.3 is 0 Å². The molecule has 0 radical (unpaired) electrons. The van der Waals surface area contributed by atoms with Gasteiger partial charge < -0.3 is 0 Å². The lowest BCUT2D eigenvalue weighted by atomic mass is 10.1. The lowest BCUT2D eigenvalue weighted by Crippen LogP contribution is -2.27. The quantitative estimate of drug-likeness (QED) is 0.935. The molecule has 1 heterocycles. The van der Waals surface area contributed by atoms with Gasteiger partial charge in [-0.25, -0.2) is 13.1 Å². The zero-order chi connectivity index (χ0) is 16.8. The normalized spacial score (nSPS) is 15.7. The van der Waals surface area contributed by atoms with Crippen LogP contribution in [0.15, 0.2) is 23.1 Å². The Morgan fingerprint density at radius 3 is 2.57 bits per heavy atom. The van der Waals surface area contributed by atoms with Gasteiger partial charge in [-0.05, 0) is 63.3 Å². The molecule has 0 amide bonds. The van der Waals surface area contributed by atoms with Gasteiger partial charge in [-0.2, -0.15) is 5.10 Å². The number of nitrogens with one attached hydrogen (secondary N) is 1. The molecule has 23 heavy (non-hydrogen) atoms. The number of hydrogen-bond acceptors (Lipinski definition) is 3. The molecule has 1 atom stereocenters. The van der Waals surface area contributed by atoms with Crippen molar-refractivity contribution in [2.45, 2.75) is 51.0 Å². The Hall–Kier alpha value is -1.66. The van der Waals surface area contributed by atoms with Crippen LogP contribution in [0.5, 0.6) is 0 Å². The van der Waals surface area contributed by atoms with Crippen LogP contribution in [0.4, 0.5) is 0 Å². The van der Waals surface area contributed by atoms with E-state index in [4.69, 9.17) is 0 Å². The zero-order valence-corrected chi connectivity index (χ0v) is 14.9. The monoisotopic (exact) mass is 333 g/mol. The standard InChI is InChI=1S/C17H23N3O2S/c1-11-17(13(3)20(4)18-11)12(2)19-23(21,22)16-9-8-14-6-5-7-15(14)10-16/h8-10,12,19H,5-7H2,1-4H3/t12-/m0/s1. The van der Waals surface area contributed by atoms with Gasteiger partial charge in [0.15, 0.2) is 0 Å². The zero-order valence-electron chi connectivity index (χ0n) is 14.0. The predicted molar refractivity (Wildman–Crippen MR) is 89.9 cm³/mol. The number of fused-ring (bicyclic) bond motifs is 1. The van der Waals surface area contributed by atoms with E-state index < -0.39 is 10.0 Å². The van der Waals surface area contributed by atoms with E-state index in [2.05, 4.69) is 9.82 Å². The van der Waals surface area contributed by atoms with Crippen LogP contribution < -0.4 is 4.72 Å². The minimum absolute atomic E-state index is 0.318. The highest BCUT2D eigenvalue weighted by Crippen LogP contribution is 2.26. The third-order valence-electron chi connectivity index (χ3n) is 4.71. The summed E-state index contributed by atoms with van der Waals surface area (Å²) in [7, 11) is -1.67. The minimum atomic E-state index is -3.54. The molecule has 2 aromatic rings. The molecule has 0 fully saturated rings. The van der Waals surface area contributed by atoms with Gasteiger partial charge in [0, 0.05) is 24.3 Å². The Bertz CT molecular complexity index is 853. The van der Waals surface area contributed by atoms with Crippen molar-refractivity contribution in [3.8, 4) is 0 Å². The van der Waals surface area contributed by atoms with Crippen LogP contribution in [-0.4, -0.2) is 18.2 Å². The van der Waals surface area contributed by atoms with Crippen LogP contribution in [0.25, 0.3) is 0 Å². The number of benzene rings is 1. The third kappa shape index (κ3) is 2.93. The smallest absolute Gasteiger partial charge is 0.241 e. The van der Waals surface area contributed by atoms with Crippen molar-refractivity contribution >= 4 is 10.0 Å². The molecule has 1 aliphatic rings. The maximum absolute atomic E-state index is 12.7. The summed E-state index contributed by atoms with van der Waals surface area (Å²) >= 11 is 0. The summed E-state index contributed by atoms with van der Waals surface area (Å²) in [5.74, 6) is 0. The molecule has 0 saturated carbocycles. The molecule has 3 rings (SSSR count). The van der Waals surface area contributed by atoms with Crippen LogP contribution >= 0.6 is 0 Å². The molecule has 1 aromatic heterocycles.